The third-order valence-corrected chi connectivity index (χ3v) is 7.78. The molecule has 0 bridgehead atoms. The number of carbonyl (C=O) groups is 1. The number of nitrogens with zero attached hydrogens (tertiary/aromatic N) is 1. The standard InChI is InChI=1S/C29H33FNO4Si/c1-19(36)29(2,3)35-28(32)31-14-13-26(22-7-10-24(30)11-8-22)27(17-31)34-18-20-5-6-21-9-12-25(33-4)16-23(21)15-20/h5-12,15-16,19,26-27H,13-14,17-18H2,1-4H3. The molecule has 7 heteroatoms. The van der Waals surface area contributed by atoms with Gasteiger partial charge in [-0.15, -0.1) is 0 Å². The van der Waals surface area contributed by atoms with Gasteiger partial charge in [-0.25, -0.2) is 9.18 Å². The van der Waals surface area contributed by atoms with Crippen molar-refractivity contribution in [3.8, 4) is 5.75 Å². The minimum Gasteiger partial charge on any atom is -0.497 e. The first kappa shape index (κ1) is 26.2. The number of benzene rings is 3. The van der Waals surface area contributed by atoms with Crippen LogP contribution < -0.4 is 4.74 Å². The van der Waals surface area contributed by atoms with Gasteiger partial charge in [0.05, 0.1) is 26.4 Å². The second kappa shape index (κ2) is 11.0. The van der Waals surface area contributed by atoms with E-state index < -0.39 is 5.60 Å². The Morgan fingerprint density at radius 3 is 2.53 bits per heavy atom. The van der Waals surface area contributed by atoms with E-state index in [9.17, 15) is 9.18 Å². The lowest BCUT2D eigenvalue weighted by molar-refractivity contribution is -0.0393. The van der Waals surface area contributed by atoms with E-state index in [1.807, 2.05) is 51.1 Å². The van der Waals surface area contributed by atoms with Gasteiger partial charge < -0.3 is 19.1 Å². The summed E-state index contributed by atoms with van der Waals surface area (Å²) >= 11 is 0. The van der Waals surface area contributed by atoms with Gasteiger partial charge in [0, 0.05) is 22.7 Å². The minimum atomic E-state index is -0.649. The molecule has 3 unspecified atom stereocenters. The molecular formula is C29H33FNO4Si. The van der Waals surface area contributed by atoms with Crippen LogP contribution in [0, 0.1) is 5.82 Å². The van der Waals surface area contributed by atoms with Crippen LogP contribution in [-0.2, 0) is 16.1 Å². The zero-order valence-electron chi connectivity index (χ0n) is 21.3. The molecule has 3 aromatic rings. The fourth-order valence-electron chi connectivity index (χ4n) is 4.41. The lowest BCUT2D eigenvalue weighted by Crippen LogP contribution is -2.49. The summed E-state index contributed by atoms with van der Waals surface area (Å²) in [5.74, 6) is 0.576. The van der Waals surface area contributed by atoms with Gasteiger partial charge in [-0.1, -0.05) is 37.3 Å². The summed E-state index contributed by atoms with van der Waals surface area (Å²) in [6.07, 6.45) is 0.0836. The van der Waals surface area contributed by atoms with E-state index in [0.717, 1.165) is 27.6 Å². The van der Waals surface area contributed by atoms with Crippen LogP contribution in [0.1, 0.15) is 44.2 Å². The maximum atomic E-state index is 13.6. The Morgan fingerprint density at radius 2 is 1.83 bits per heavy atom. The molecule has 1 fully saturated rings. The van der Waals surface area contributed by atoms with E-state index in [1.165, 1.54) is 12.1 Å². The van der Waals surface area contributed by atoms with Crippen molar-refractivity contribution in [1.82, 2.24) is 4.90 Å². The summed E-state index contributed by atoms with van der Waals surface area (Å²) in [6, 6.07) is 18.8. The highest BCUT2D eigenvalue weighted by Crippen LogP contribution is 2.33. The summed E-state index contributed by atoms with van der Waals surface area (Å²) in [6.45, 7) is 7.06. The fourth-order valence-corrected chi connectivity index (χ4v) is 4.47. The van der Waals surface area contributed by atoms with Gasteiger partial charge in [-0.3, -0.25) is 0 Å². The van der Waals surface area contributed by atoms with Crippen LogP contribution in [0.3, 0.4) is 0 Å². The van der Waals surface area contributed by atoms with Crippen LogP contribution >= 0.6 is 0 Å². The number of fused-ring (bicyclic) bond motifs is 1. The molecule has 0 aromatic heterocycles. The van der Waals surface area contributed by atoms with Crippen LogP contribution in [0.4, 0.5) is 9.18 Å². The molecule has 0 aliphatic carbocycles. The first-order valence-corrected chi connectivity index (χ1v) is 12.9. The van der Waals surface area contributed by atoms with E-state index in [2.05, 4.69) is 28.4 Å². The van der Waals surface area contributed by atoms with Crippen LogP contribution in [0.5, 0.6) is 5.75 Å². The van der Waals surface area contributed by atoms with Crippen molar-refractivity contribution < 1.29 is 23.4 Å². The molecular weight excluding hydrogens is 473 g/mol. The Kier molecular flexibility index (Phi) is 8.00. The number of hydrogen-bond acceptors (Lipinski definition) is 4. The first-order chi connectivity index (χ1) is 17.2. The molecule has 3 radical (unpaired) electrons. The third kappa shape index (κ3) is 6.07. The zero-order valence-corrected chi connectivity index (χ0v) is 22.3. The summed E-state index contributed by atoms with van der Waals surface area (Å²) in [5.41, 5.74) is 1.38. The van der Waals surface area contributed by atoms with Gasteiger partial charge in [0.15, 0.2) is 0 Å². The quantitative estimate of drug-likeness (QED) is 0.355. The SMILES string of the molecule is COc1ccc2ccc(COC3CN(C(=O)OC(C)(C)C(C)[Si])CCC3c3ccc(F)cc3)cc2c1. The fraction of sp³-hybridized carbons (Fsp3) is 0.414. The Morgan fingerprint density at radius 1 is 1.11 bits per heavy atom. The number of likely N-dealkylation sites (tertiary alicyclic amines) is 1. The van der Waals surface area contributed by atoms with E-state index in [-0.39, 0.29) is 29.5 Å². The highest BCUT2D eigenvalue weighted by molar-refractivity contribution is 6.12. The molecule has 1 amide bonds. The monoisotopic (exact) mass is 506 g/mol. The Labute approximate surface area is 216 Å². The van der Waals surface area contributed by atoms with Crippen molar-refractivity contribution >= 4 is 27.1 Å². The first-order valence-electron chi connectivity index (χ1n) is 12.3. The summed E-state index contributed by atoms with van der Waals surface area (Å²) in [5, 5.41) is 2.20. The molecule has 0 spiro atoms. The second-order valence-corrected chi connectivity index (χ2v) is 10.8. The lowest BCUT2D eigenvalue weighted by atomic mass is 9.87. The van der Waals surface area contributed by atoms with E-state index in [0.29, 0.717) is 26.1 Å². The highest BCUT2D eigenvalue weighted by Gasteiger charge is 2.36. The Balaban J connectivity index is 1.52. The molecule has 3 atom stereocenters. The molecule has 189 valence electrons. The molecule has 0 saturated carbocycles. The highest BCUT2D eigenvalue weighted by atomic mass is 28.1. The predicted octanol–water partition coefficient (Wildman–Crippen LogP) is 6.25. The van der Waals surface area contributed by atoms with Crippen LogP contribution in [-0.4, -0.2) is 53.1 Å². The van der Waals surface area contributed by atoms with E-state index in [1.54, 1.807) is 12.0 Å². The number of ether oxygens (including phenoxy) is 3. The minimum absolute atomic E-state index is 0.00298. The maximum Gasteiger partial charge on any atom is 0.410 e. The van der Waals surface area contributed by atoms with Crippen LogP contribution in [0.15, 0.2) is 60.7 Å². The smallest absolute Gasteiger partial charge is 0.410 e. The largest absolute Gasteiger partial charge is 0.497 e. The molecule has 4 rings (SSSR count). The van der Waals surface area contributed by atoms with Crippen LogP contribution in [0.25, 0.3) is 10.8 Å². The molecule has 3 aromatic carbocycles. The van der Waals surface area contributed by atoms with Gasteiger partial charge in [0.2, 0.25) is 0 Å². The predicted molar refractivity (Wildman–Crippen MR) is 140 cm³/mol. The summed E-state index contributed by atoms with van der Waals surface area (Å²) in [4.78, 5) is 14.7. The number of amides is 1. The average molecular weight is 507 g/mol. The third-order valence-electron chi connectivity index (χ3n) is 7.08. The van der Waals surface area contributed by atoms with Crippen molar-refractivity contribution in [1.29, 1.82) is 0 Å². The van der Waals surface area contributed by atoms with Gasteiger partial charge in [-0.2, -0.15) is 0 Å². The number of carbonyl (C=O) groups excluding carboxylic acids is 1. The van der Waals surface area contributed by atoms with E-state index in [4.69, 9.17) is 14.2 Å². The lowest BCUT2D eigenvalue weighted by Gasteiger charge is -2.40. The number of piperidine rings is 1. The van der Waals surface area contributed by atoms with Crippen molar-refractivity contribution in [2.45, 2.75) is 57.0 Å². The van der Waals surface area contributed by atoms with Gasteiger partial charge >= 0.3 is 6.09 Å². The number of halogens is 1. The van der Waals surface area contributed by atoms with Gasteiger partial charge in [0.25, 0.3) is 0 Å². The number of methoxy groups -OCH3 is 1. The molecule has 1 aliphatic heterocycles. The van der Waals surface area contributed by atoms with E-state index >= 15 is 0 Å². The van der Waals surface area contributed by atoms with Crippen molar-refractivity contribution in [2.75, 3.05) is 20.2 Å². The van der Waals surface area contributed by atoms with Crippen molar-refractivity contribution in [3.05, 3.63) is 77.6 Å². The molecule has 0 N–H and O–H groups in total. The van der Waals surface area contributed by atoms with Crippen molar-refractivity contribution in [3.63, 3.8) is 0 Å². The molecule has 1 saturated heterocycles. The zero-order chi connectivity index (χ0) is 25.9. The van der Waals surface area contributed by atoms with Gasteiger partial charge in [0.1, 0.15) is 17.2 Å². The average Bonchev–Trinajstić information content (AvgIpc) is 2.87. The number of hydrogen-bond donors (Lipinski definition) is 0. The molecule has 36 heavy (non-hydrogen) atoms. The Bertz CT molecular complexity index is 1200. The molecule has 5 nitrogen and oxygen atoms in total. The van der Waals surface area contributed by atoms with Crippen molar-refractivity contribution in [2.24, 2.45) is 0 Å². The number of rotatable bonds is 7. The normalized spacial score (nSPS) is 19.2. The maximum absolute atomic E-state index is 13.6. The molecule has 1 aliphatic rings. The topological polar surface area (TPSA) is 48.0 Å². The summed E-state index contributed by atoms with van der Waals surface area (Å²) < 4.78 is 31.2. The Hall–Kier alpha value is -2.90. The molecule has 1 heterocycles. The summed E-state index contributed by atoms with van der Waals surface area (Å²) in [7, 11) is 5.23. The van der Waals surface area contributed by atoms with Gasteiger partial charge in [-0.05, 0) is 78.0 Å². The second-order valence-electron chi connectivity index (χ2n) is 9.98. The van der Waals surface area contributed by atoms with Crippen LogP contribution in [0.2, 0.25) is 5.54 Å².